The largest absolute Gasteiger partial charge is 0.497 e. The summed E-state index contributed by atoms with van der Waals surface area (Å²) in [5.41, 5.74) is 1.20. The van der Waals surface area contributed by atoms with Crippen LogP contribution in [0.15, 0.2) is 48.5 Å². The van der Waals surface area contributed by atoms with E-state index in [1.54, 1.807) is 65.4 Å². The van der Waals surface area contributed by atoms with Crippen LogP contribution in [0.1, 0.15) is 30.1 Å². The Morgan fingerprint density at radius 2 is 1.81 bits per heavy atom. The van der Waals surface area contributed by atoms with Gasteiger partial charge in [0.1, 0.15) is 5.75 Å². The third-order valence-corrected chi connectivity index (χ3v) is 5.86. The fourth-order valence-corrected chi connectivity index (χ4v) is 3.91. The molecule has 0 aliphatic carbocycles. The summed E-state index contributed by atoms with van der Waals surface area (Å²) in [5, 5.41) is 3.39. The molecule has 1 N–H and O–H groups in total. The van der Waals surface area contributed by atoms with Gasteiger partial charge in [0, 0.05) is 47.9 Å². The molecule has 0 radical (unpaired) electrons. The maximum Gasteiger partial charge on any atom is 0.253 e. The number of likely N-dealkylation sites (tertiary alicyclic amines) is 1. The number of hydrogen-bond acceptors (Lipinski definition) is 4. The summed E-state index contributed by atoms with van der Waals surface area (Å²) < 4.78 is 5.17. The van der Waals surface area contributed by atoms with E-state index in [9.17, 15) is 14.4 Å². The summed E-state index contributed by atoms with van der Waals surface area (Å²) in [4.78, 5) is 41.5. The smallest absolute Gasteiger partial charge is 0.253 e. The van der Waals surface area contributed by atoms with E-state index in [1.165, 1.54) is 0 Å². The Balaban J connectivity index is 1.52. The van der Waals surface area contributed by atoms with Gasteiger partial charge in [-0.25, -0.2) is 0 Å². The van der Waals surface area contributed by atoms with E-state index in [0.29, 0.717) is 54.5 Å². The molecule has 1 aliphatic heterocycles. The van der Waals surface area contributed by atoms with Crippen LogP contribution in [-0.4, -0.2) is 60.8 Å². The molecule has 32 heavy (non-hydrogen) atoms. The zero-order valence-corrected chi connectivity index (χ0v) is 19.1. The van der Waals surface area contributed by atoms with Crippen molar-refractivity contribution in [2.24, 2.45) is 5.92 Å². The molecular weight excluding hydrogens is 430 g/mol. The number of methoxy groups -OCH3 is 1. The van der Waals surface area contributed by atoms with Gasteiger partial charge in [-0.05, 0) is 56.2 Å². The first kappa shape index (κ1) is 23.6. The predicted octanol–water partition coefficient (Wildman–Crippen LogP) is 3.69. The summed E-state index contributed by atoms with van der Waals surface area (Å²) >= 11 is 5.89. The summed E-state index contributed by atoms with van der Waals surface area (Å²) in [5.74, 6) is 0.0771. The van der Waals surface area contributed by atoms with E-state index in [4.69, 9.17) is 16.3 Å². The number of nitrogens with one attached hydrogen (secondary N) is 1. The van der Waals surface area contributed by atoms with E-state index < -0.39 is 0 Å². The van der Waals surface area contributed by atoms with Crippen molar-refractivity contribution in [3.8, 4) is 5.75 Å². The molecule has 3 rings (SSSR count). The fraction of sp³-hybridized carbons (Fsp3) is 0.375. The quantitative estimate of drug-likeness (QED) is 0.687. The number of carbonyl (C=O) groups excluding carboxylic acids is 3. The van der Waals surface area contributed by atoms with E-state index in [2.05, 4.69) is 5.32 Å². The Hall–Kier alpha value is -3.06. The summed E-state index contributed by atoms with van der Waals surface area (Å²) in [6, 6.07) is 13.9. The van der Waals surface area contributed by atoms with Crippen molar-refractivity contribution in [3.05, 3.63) is 59.1 Å². The first-order chi connectivity index (χ1) is 15.4. The summed E-state index contributed by atoms with van der Waals surface area (Å²) in [7, 11) is 1.56. The van der Waals surface area contributed by atoms with Gasteiger partial charge in [-0.15, -0.1) is 0 Å². The second kappa shape index (κ2) is 11.0. The molecule has 2 aromatic carbocycles. The van der Waals surface area contributed by atoms with Gasteiger partial charge in [0.05, 0.1) is 13.7 Å². The highest BCUT2D eigenvalue weighted by Gasteiger charge is 2.30. The number of piperidine rings is 1. The molecule has 1 aliphatic rings. The average molecular weight is 458 g/mol. The van der Waals surface area contributed by atoms with Gasteiger partial charge in [0.25, 0.3) is 5.91 Å². The molecule has 2 aromatic rings. The lowest BCUT2D eigenvalue weighted by atomic mass is 9.94. The number of anilines is 1. The Morgan fingerprint density at radius 1 is 1.12 bits per heavy atom. The first-order valence-corrected chi connectivity index (χ1v) is 11.1. The average Bonchev–Trinajstić information content (AvgIpc) is 2.82. The number of nitrogens with zero attached hydrogens (tertiary/aromatic N) is 2. The number of likely N-dealkylation sites (N-methyl/N-ethyl adjacent to an activating group) is 1. The van der Waals surface area contributed by atoms with E-state index in [-0.39, 0.29) is 30.2 Å². The van der Waals surface area contributed by atoms with Crippen LogP contribution in [0.2, 0.25) is 5.02 Å². The zero-order valence-electron chi connectivity index (χ0n) is 18.3. The highest BCUT2D eigenvalue weighted by molar-refractivity contribution is 6.30. The van der Waals surface area contributed by atoms with Gasteiger partial charge >= 0.3 is 0 Å². The van der Waals surface area contributed by atoms with Crippen molar-refractivity contribution >= 4 is 35.0 Å². The molecule has 0 spiro atoms. The molecule has 7 nitrogen and oxygen atoms in total. The predicted molar refractivity (Wildman–Crippen MR) is 124 cm³/mol. The molecule has 0 unspecified atom stereocenters. The van der Waals surface area contributed by atoms with Crippen LogP contribution < -0.4 is 10.1 Å². The molecule has 0 atom stereocenters. The molecule has 3 amide bonds. The van der Waals surface area contributed by atoms with E-state index in [1.807, 2.05) is 6.92 Å². The molecule has 0 saturated carbocycles. The summed E-state index contributed by atoms with van der Waals surface area (Å²) in [6.45, 7) is 3.29. The highest BCUT2D eigenvalue weighted by atomic mass is 35.5. The lowest BCUT2D eigenvalue weighted by Gasteiger charge is -2.34. The van der Waals surface area contributed by atoms with E-state index >= 15 is 0 Å². The highest BCUT2D eigenvalue weighted by Crippen LogP contribution is 2.22. The minimum Gasteiger partial charge on any atom is -0.497 e. The first-order valence-electron chi connectivity index (χ1n) is 10.7. The minimum atomic E-state index is -0.260. The van der Waals surface area contributed by atoms with Crippen molar-refractivity contribution in [2.75, 3.05) is 38.6 Å². The van der Waals surface area contributed by atoms with Gasteiger partial charge < -0.3 is 19.9 Å². The van der Waals surface area contributed by atoms with Gasteiger partial charge in [-0.2, -0.15) is 0 Å². The Bertz CT molecular complexity index is 956. The molecule has 0 bridgehead atoms. The van der Waals surface area contributed by atoms with Gasteiger partial charge in [0.15, 0.2) is 0 Å². The SMILES string of the molecule is CCN(CC(=O)Nc1cccc(OC)c1)C(=O)C1CCN(C(=O)c2ccc(Cl)cc2)CC1. The lowest BCUT2D eigenvalue weighted by molar-refractivity contribution is -0.139. The Kier molecular flexibility index (Phi) is 8.11. The van der Waals surface area contributed by atoms with Gasteiger partial charge in [0.2, 0.25) is 11.8 Å². The molecular formula is C24H28ClN3O4. The van der Waals surface area contributed by atoms with Crippen LogP contribution in [0.4, 0.5) is 5.69 Å². The normalized spacial score (nSPS) is 14.0. The number of benzene rings is 2. The van der Waals surface area contributed by atoms with Crippen molar-refractivity contribution in [1.82, 2.24) is 9.80 Å². The fourth-order valence-electron chi connectivity index (χ4n) is 3.78. The second-order valence-electron chi connectivity index (χ2n) is 7.71. The van der Waals surface area contributed by atoms with E-state index in [0.717, 1.165) is 0 Å². The summed E-state index contributed by atoms with van der Waals surface area (Å²) in [6.07, 6.45) is 1.15. The van der Waals surface area contributed by atoms with Crippen LogP contribution in [0, 0.1) is 5.92 Å². The number of carbonyl (C=O) groups is 3. The van der Waals surface area contributed by atoms with Crippen molar-refractivity contribution in [1.29, 1.82) is 0 Å². The molecule has 170 valence electrons. The third-order valence-electron chi connectivity index (χ3n) is 5.60. The standard InChI is InChI=1S/C24H28ClN3O4/c1-3-27(16-22(29)26-20-5-4-6-21(15-20)32-2)23(30)18-11-13-28(14-12-18)24(31)17-7-9-19(25)10-8-17/h4-10,15,18H,3,11-14,16H2,1-2H3,(H,26,29). The Labute approximate surface area is 193 Å². The van der Waals surface area contributed by atoms with Crippen LogP contribution >= 0.6 is 11.6 Å². The topological polar surface area (TPSA) is 79.0 Å². The maximum atomic E-state index is 13.0. The van der Waals surface area contributed by atoms with Gasteiger partial charge in [-0.1, -0.05) is 17.7 Å². The second-order valence-corrected chi connectivity index (χ2v) is 8.14. The number of hydrogen-bond donors (Lipinski definition) is 1. The molecule has 1 fully saturated rings. The van der Waals surface area contributed by atoms with Crippen LogP contribution in [-0.2, 0) is 9.59 Å². The number of ether oxygens (including phenoxy) is 1. The third kappa shape index (κ3) is 6.01. The van der Waals surface area contributed by atoms with Crippen molar-refractivity contribution in [2.45, 2.75) is 19.8 Å². The Morgan fingerprint density at radius 3 is 2.44 bits per heavy atom. The number of amides is 3. The minimum absolute atomic E-state index is 0.0174. The molecule has 1 heterocycles. The molecule has 1 saturated heterocycles. The van der Waals surface area contributed by atoms with Crippen LogP contribution in [0.5, 0.6) is 5.75 Å². The zero-order chi connectivity index (χ0) is 23.1. The number of rotatable bonds is 7. The van der Waals surface area contributed by atoms with Crippen molar-refractivity contribution < 1.29 is 19.1 Å². The van der Waals surface area contributed by atoms with Gasteiger partial charge in [-0.3, -0.25) is 14.4 Å². The maximum absolute atomic E-state index is 13.0. The monoisotopic (exact) mass is 457 g/mol. The van der Waals surface area contributed by atoms with Crippen molar-refractivity contribution in [3.63, 3.8) is 0 Å². The molecule has 0 aromatic heterocycles. The molecule has 8 heteroatoms. The van der Waals surface area contributed by atoms with Crippen LogP contribution in [0.25, 0.3) is 0 Å². The van der Waals surface area contributed by atoms with Crippen LogP contribution in [0.3, 0.4) is 0 Å². The lowest BCUT2D eigenvalue weighted by Crippen LogP contribution is -2.46. The number of halogens is 1.